The zero-order valence-electron chi connectivity index (χ0n) is 6.88. The van der Waals surface area contributed by atoms with Crippen molar-refractivity contribution in [2.45, 2.75) is 4.90 Å². The lowest BCUT2D eigenvalue weighted by molar-refractivity contribution is -0.445. The minimum absolute atomic E-state index is 0.0913. The molecule has 0 heterocycles. The summed E-state index contributed by atoms with van der Waals surface area (Å²) in [5.74, 6) is 0. The molecule has 0 amide bonds. The number of hydrogen-bond acceptors (Lipinski definition) is 4. The lowest BCUT2D eigenvalue weighted by Gasteiger charge is -1.99. The maximum Gasteiger partial charge on any atom is 0.238 e. The van der Waals surface area contributed by atoms with Gasteiger partial charge < -0.3 is 0 Å². The number of hydrogen-bond donors (Lipinski definition) is 2. The number of nitro groups is 1. The van der Waals surface area contributed by atoms with Gasteiger partial charge in [0.1, 0.15) is 5.69 Å². The molecule has 0 spiro atoms. The Morgan fingerprint density at radius 3 is 2.14 bits per heavy atom. The number of nitrogens with zero attached hydrogens (tertiary/aromatic N) is 1. The Labute approximate surface area is 79.7 Å². The largest absolute Gasteiger partial charge is 0.238 e. The topological polar surface area (TPSA) is 115 Å². The summed E-state index contributed by atoms with van der Waals surface area (Å²) in [7, 11) is -3.75. The van der Waals surface area contributed by atoms with Gasteiger partial charge in [-0.1, -0.05) is 0 Å². The summed E-state index contributed by atoms with van der Waals surface area (Å²) in [6.45, 7) is 0. The van der Waals surface area contributed by atoms with E-state index in [0.717, 1.165) is 0 Å². The quantitative estimate of drug-likeness (QED) is 0.543. The van der Waals surface area contributed by atoms with Gasteiger partial charge in [0.2, 0.25) is 10.0 Å². The summed E-state index contributed by atoms with van der Waals surface area (Å²) in [4.78, 5) is 9.91. The fourth-order valence-electron chi connectivity index (χ4n) is 0.825. The van der Waals surface area contributed by atoms with E-state index in [9.17, 15) is 18.5 Å². The van der Waals surface area contributed by atoms with Gasteiger partial charge in [0.15, 0.2) is 5.03 Å². The van der Waals surface area contributed by atoms with Gasteiger partial charge in [-0.3, -0.25) is 0 Å². The number of anilines is 1. The molecule has 1 aromatic carbocycles. The van der Waals surface area contributed by atoms with Crippen LogP contribution in [0.25, 0.3) is 0 Å². The molecule has 0 aliphatic rings. The molecule has 0 aliphatic heterocycles. The van der Waals surface area contributed by atoms with Crippen LogP contribution in [0.5, 0.6) is 0 Å². The smallest absolute Gasteiger partial charge is 0.235 e. The minimum Gasteiger partial charge on any atom is -0.235 e. The van der Waals surface area contributed by atoms with Crippen LogP contribution in [0, 0.1) is 10.1 Å². The van der Waals surface area contributed by atoms with Gasteiger partial charge in [0.05, 0.1) is 4.90 Å². The van der Waals surface area contributed by atoms with Gasteiger partial charge in [-0.2, -0.15) is 0 Å². The Morgan fingerprint density at radius 1 is 1.29 bits per heavy atom. The van der Waals surface area contributed by atoms with Crippen molar-refractivity contribution in [3.8, 4) is 0 Å². The fraction of sp³-hybridized carbons (Fsp3) is 0. The van der Waals surface area contributed by atoms with Gasteiger partial charge >= 0.3 is 0 Å². The van der Waals surface area contributed by atoms with E-state index in [1.165, 1.54) is 24.3 Å². The van der Waals surface area contributed by atoms with Crippen LogP contribution in [0.3, 0.4) is 0 Å². The van der Waals surface area contributed by atoms with Crippen LogP contribution in [-0.4, -0.2) is 13.5 Å². The molecule has 76 valence electrons. The summed E-state index contributed by atoms with van der Waals surface area (Å²) in [6.07, 6.45) is 0. The maximum absolute atomic E-state index is 10.8. The molecule has 0 atom stereocenters. The van der Waals surface area contributed by atoms with E-state index in [1.807, 2.05) is 5.43 Å². The van der Waals surface area contributed by atoms with Crippen molar-refractivity contribution in [3.63, 3.8) is 0 Å². The van der Waals surface area contributed by atoms with Crippen LogP contribution < -0.4 is 10.6 Å². The van der Waals surface area contributed by atoms with Crippen molar-refractivity contribution in [1.29, 1.82) is 0 Å². The zero-order chi connectivity index (χ0) is 10.8. The molecule has 1 rings (SSSR count). The highest BCUT2D eigenvalue weighted by Crippen LogP contribution is 2.12. The second-order valence-electron chi connectivity index (χ2n) is 2.44. The number of sulfonamides is 1. The third kappa shape index (κ3) is 2.68. The molecule has 0 unspecified atom stereocenters. The highest BCUT2D eigenvalue weighted by Gasteiger charge is 2.07. The van der Waals surface area contributed by atoms with Gasteiger partial charge in [-0.05, 0) is 24.3 Å². The molecule has 3 N–H and O–H groups in total. The molecule has 0 fully saturated rings. The third-order valence-electron chi connectivity index (χ3n) is 1.40. The first-order valence-corrected chi connectivity index (χ1v) is 4.98. The number of rotatable bonds is 3. The Bertz CT molecular complexity index is 439. The number of nitrogens with one attached hydrogen (secondary N) is 1. The molecule has 0 aliphatic carbocycles. The van der Waals surface area contributed by atoms with E-state index >= 15 is 0 Å². The molecule has 7 nitrogen and oxygen atoms in total. The number of nitrogens with two attached hydrogens (primary N) is 1. The number of hydrazine groups is 1. The fourth-order valence-corrected chi connectivity index (χ4v) is 1.34. The van der Waals surface area contributed by atoms with Crippen LogP contribution >= 0.6 is 0 Å². The van der Waals surface area contributed by atoms with Gasteiger partial charge in [-0.15, -0.1) is 5.43 Å². The monoisotopic (exact) mass is 217 g/mol. The average Bonchev–Trinajstić information content (AvgIpc) is 2.02. The molecule has 0 aromatic heterocycles. The minimum atomic E-state index is -3.75. The van der Waals surface area contributed by atoms with Crippen LogP contribution in [0.4, 0.5) is 5.69 Å². The molecule has 1 aromatic rings. The first kappa shape index (κ1) is 10.4. The normalized spacial score (nSPS) is 10.9. The highest BCUT2D eigenvalue weighted by molar-refractivity contribution is 7.89. The molecule has 14 heavy (non-hydrogen) atoms. The molecular weight excluding hydrogens is 210 g/mol. The first-order valence-electron chi connectivity index (χ1n) is 3.43. The van der Waals surface area contributed by atoms with Crippen molar-refractivity contribution in [2.75, 3.05) is 5.43 Å². The van der Waals surface area contributed by atoms with Crippen LogP contribution in [0.15, 0.2) is 29.2 Å². The Kier molecular flexibility index (Phi) is 2.68. The molecule has 0 bridgehead atoms. The summed E-state index contributed by atoms with van der Waals surface area (Å²) < 4.78 is 21.6. The van der Waals surface area contributed by atoms with Gasteiger partial charge in [0.25, 0.3) is 0 Å². The Morgan fingerprint density at radius 2 is 1.79 bits per heavy atom. The van der Waals surface area contributed by atoms with E-state index in [0.29, 0.717) is 0 Å². The molecule has 0 saturated carbocycles. The lowest BCUT2D eigenvalue weighted by Crippen LogP contribution is -2.12. The molecule has 0 radical (unpaired) electrons. The van der Waals surface area contributed by atoms with Crippen molar-refractivity contribution in [3.05, 3.63) is 34.4 Å². The SMILES string of the molecule is NS(=O)(=O)c1ccc(N[N+](=O)[O-])cc1. The first-order chi connectivity index (χ1) is 6.39. The number of benzene rings is 1. The van der Waals surface area contributed by atoms with E-state index in [1.54, 1.807) is 0 Å². The van der Waals surface area contributed by atoms with Crippen LogP contribution in [-0.2, 0) is 10.0 Å². The summed E-state index contributed by atoms with van der Waals surface area (Å²) in [5.41, 5.74) is 2.05. The zero-order valence-corrected chi connectivity index (χ0v) is 7.69. The summed E-state index contributed by atoms with van der Waals surface area (Å²) in [5, 5.41) is 14.1. The lowest BCUT2D eigenvalue weighted by atomic mass is 10.3. The van der Waals surface area contributed by atoms with E-state index in [-0.39, 0.29) is 10.6 Å². The highest BCUT2D eigenvalue weighted by atomic mass is 32.2. The van der Waals surface area contributed by atoms with Crippen molar-refractivity contribution < 1.29 is 13.5 Å². The summed E-state index contributed by atoms with van der Waals surface area (Å²) in [6, 6.07) is 4.87. The Hall–Kier alpha value is -1.67. The van der Waals surface area contributed by atoms with Crippen LogP contribution in [0.1, 0.15) is 0 Å². The standard InChI is InChI=1S/C6H7N3O4S/c7-14(12,13)6-3-1-5(2-4-6)8-9(10)11/h1-4,8H,(H2,7,12,13). The average molecular weight is 217 g/mol. The molecule has 0 saturated heterocycles. The van der Waals surface area contributed by atoms with Crippen molar-refractivity contribution in [1.82, 2.24) is 0 Å². The predicted octanol–water partition coefficient (Wildman–Crippen LogP) is -0.0624. The maximum atomic E-state index is 10.8. The van der Waals surface area contributed by atoms with E-state index < -0.39 is 15.1 Å². The molecule has 8 heteroatoms. The summed E-state index contributed by atoms with van der Waals surface area (Å²) >= 11 is 0. The van der Waals surface area contributed by atoms with Crippen molar-refractivity contribution >= 4 is 15.7 Å². The van der Waals surface area contributed by atoms with Crippen LogP contribution in [0.2, 0.25) is 0 Å². The third-order valence-corrected chi connectivity index (χ3v) is 2.33. The predicted molar refractivity (Wildman–Crippen MR) is 48.4 cm³/mol. The van der Waals surface area contributed by atoms with Gasteiger partial charge in [0, 0.05) is 0 Å². The number of primary sulfonamides is 1. The second-order valence-corrected chi connectivity index (χ2v) is 4.00. The van der Waals surface area contributed by atoms with E-state index in [2.05, 4.69) is 0 Å². The van der Waals surface area contributed by atoms with E-state index in [4.69, 9.17) is 5.14 Å². The molecular formula is C6H7N3O4S. The van der Waals surface area contributed by atoms with Gasteiger partial charge in [-0.25, -0.2) is 23.7 Å². The van der Waals surface area contributed by atoms with Crippen molar-refractivity contribution in [2.24, 2.45) is 5.14 Å². The second kappa shape index (κ2) is 3.60. The Balaban J connectivity index is 2.95.